The lowest BCUT2D eigenvalue weighted by Gasteiger charge is -2.32. The number of halogens is 1. The van der Waals surface area contributed by atoms with Gasteiger partial charge in [0.25, 0.3) is 5.91 Å². The zero-order valence-electron chi connectivity index (χ0n) is 12.7. The number of piperidine rings is 1. The molecule has 2 amide bonds. The molecule has 5 heteroatoms. The molecule has 4 nitrogen and oxygen atoms in total. The molecule has 0 aromatic heterocycles. The van der Waals surface area contributed by atoms with Crippen molar-refractivity contribution < 1.29 is 9.59 Å². The van der Waals surface area contributed by atoms with Crippen molar-refractivity contribution in [3.8, 4) is 0 Å². The minimum atomic E-state index is 0.0488. The Morgan fingerprint density at radius 2 is 1.86 bits per heavy atom. The molecule has 0 aliphatic carbocycles. The molecule has 1 aliphatic heterocycles. The molecule has 1 aromatic rings. The number of amides is 2. The van der Waals surface area contributed by atoms with Crippen LogP contribution >= 0.6 is 15.9 Å². The van der Waals surface area contributed by atoms with Gasteiger partial charge in [0.1, 0.15) is 0 Å². The second-order valence-corrected chi connectivity index (χ2v) is 6.57. The number of benzene rings is 1. The molecule has 114 valence electrons. The highest BCUT2D eigenvalue weighted by atomic mass is 79.9. The Labute approximate surface area is 134 Å². The molecular formula is C16H21BrN2O2. The average Bonchev–Trinajstić information content (AvgIpc) is 2.48. The molecule has 0 N–H and O–H groups in total. The molecule has 0 unspecified atom stereocenters. The first-order valence-corrected chi connectivity index (χ1v) is 7.96. The van der Waals surface area contributed by atoms with Crippen LogP contribution in [0.2, 0.25) is 0 Å². The van der Waals surface area contributed by atoms with Crippen molar-refractivity contribution in [1.82, 2.24) is 9.80 Å². The van der Waals surface area contributed by atoms with E-state index in [1.807, 2.05) is 30.0 Å². The number of hydrogen-bond donors (Lipinski definition) is 0. The van der Waals surface area contributed by atoms with Gasteiger partial charge in [0.05, 0.1) is 0 Å². The predicted molar refractivity (Wildman–Crippen MR) is 86.2 cm³/mol. The maximum absolute atomic E-state index is 12.6. The predicted octanol–water partition coefficient (Wildman–Crippen LogP) is 2.70. The van der Waals surface area contributed by atoms with E-state index in [0.717, 1.165) is 28.4 Å². The third-order valence-corrected chi connectivity index (χ3v) is 4.93. The summed E-state index contributed by atoms with van der Waals surface area (Å²) in [5.74, 6) is 0.276. The number of hydrogen-bond acceptors (Lipinski definition) is 2. The van der Waals surface area contributed by atoms with Crippen LogP contribution in [0.1, 0.15) is 28.8 Å². The average molecular weight is 353 g/mol. The van der Waals surface area contributed by atoms with Gasteiger partial charge in [-0.05, 0) is 37.5 Å². The molecule has 0 atom stereocenters. The fourth-order valence-corrected chi connectivity index (χ4v) is 3.07. The van der Waals surface area contributed by atoms with Crippen molar-refractivity contribution in [2.24, 2.45) is 5.92 Å². The Morgan fingerprint density at radius 3 is 2.43 bits per heavy atom. The molecule has 1 fully saturated rings. The lowest BCUT2D eigenvalue weighted by Crippen LogP contribution is -2.42. The second-order valence-electron chi connectivity index (χ2n) is 5.71. The van der Waals surface area contributed by atoms with Gasteiger partial charge in [-0.15, -0.1) is 0 Å². The van der Waals surface area contributed by atoms with E-state index in [4.69, 9.17) is 0 Å². The summed E-state index contributed by atoms with van der Waals surface area (Å²) >= 11 is 3.46. The SMILES string of the molecule is Cc1c(Br)cccc1C(=O)N1CCC(C(=O)N(C)C)CC1. The van der Waals surface area contributed by atoms with Crippen molar-refractivity contribution in [2.45, 2.75) is 19.8 Å². The molecule has 2 rings (SSSR count). The fourth-order valence-electron chi connectivity index (χ4n) is 2.70. The van der Waals surface area contributed by atoms with Gasteiger partial charge in [0.2, 0.25) is 5.91 Å². The zero-order valence-corrected chi connectivity index (χ0v) is 14.3. The van der Waals surface area contributed by atoms with Gasteiger partial charge in [-0.1, -0.05) is 22.0 Å². The third-order valence-electron chi connectivity index (χ3n) is 4.07. The highest BCUT2D eigenvalue weighted by Gasteiger charge is 2.29. The highest BCUT2D eigenvalue weighted by molar-refractivity contribution is 9.10. The van der Waals surface area contributed by atoms with Crippen molar-refractivity contribution in [1.29, 1.82) is 0 Å². The summed E-state index contributed by atoms with van der Waals surface area (Å²) in [5, 5.41) is 0. The first kappa shape index (κ1) is 16.0. The van der Waals surface area contributed by atoms with Crippen LogP contribution in [0.25, 0.3) is 0 Å². The Morgan fingerprint density at radius 1 is 1.24 bits per heavy atom. The maximum atomic E-state index is 12.6. The zero-order chi connectivity index (χ0) is 15.6. The van der Waals surface area contributed by atoms with Gasteiger partial charge in [0, 0.05) is 43.1 Å². The quantitative estimate of drug-likeness (QED) is 0.820. The normalized spacial score (nSPS) is 15.9. The summed E-state index contributed by atoms with van der Waals surface area (Å²) in [5.41, 5.74) is 1.70. The third kappa shape index (κ3) is 3.46. The number of likely N-dealkylation sites (tertiary alicyclic amines) is 1. The number of nitrogens with zero attached hydrogens (tertiary/aromatic N) is 2. The van der Waals surface area contributed by atoms with Gasteiger partial charge in [-0.3, -0.25) is 9.59 Å². The molecule has 1 heterocycles. The van der Waals surface area contributed by atoms with Crippen molar-refractivity contribution in [3.05, 3.63) is 33.8 Å². The Balaban J connectivity index is 2.04. The van der Waals surface area contributed by atoms with Crippen molar-refractivity contribution >= 4 is 27.7 Å². The van der Waals surface area contributed by atoms with Gasteiger partial charge in [-0.2, -0.15) is 0 Å². The summed E-state index contributed by atoms with van der Waals surface area (Å²) < 4.78 is 0.950. The fraction of sp³-hybridized carbons (Fsp3) is 0.500. The standard InChI is InChI=1S/C16H21BrN2O2/c1-11-13(5-4-6-14(11)17)16(21)19-9-7-12(8-10-19)15(20)18(2)3/h4-6,12H,7-10H2,1-3H3. The van der Waals surface area contributed by atoms with Gasteiger partial charge < -0.3 is 9.80 Å². The van der Waals surface area contributed by atoms with E-state index >= 15 is 0 Å². The molecule has 21 heavy (non-hydrogen) atoms. The molecule has 0 spiro atoms. The van der Waals surface area contributed by atoms with E-state index in [-0.39, 0.29) is 17.7 Å². The maximum Gasteiger partial charge on any atom is 0.254 e. The van der Waals surface area contributed by atoms with Gasteiger partial charge in [-0.25, -0.2) is 0 Å². The van der Waals surface area contributed by atoms with Gasteiger partial charge in [0.15, 0.2) is 0 Å². The summed E-state index contributed by atoms with van der Waals surface area (Å²) in [4.78, 5) is 28.0. The van der Waals surface area contributed by atoms with Crippen LogP contribution in [0, 0.1) is 12.8 Å². The first-order chi connectivity index (χ1) is 9.91. The van der Waals surface area contributed by atoms with Crippen LogP contribution in [0.4, 0.5) is 0 Å². The van der Waals surface area contributed by atoms with Crippen LogP contribution in [0.5, 0.6) is 0 Å². The molecule has 1 aromatic carbocycles. The van der Waals surface area contributed by atoms with Crippen molar-refractivity contribution in [3.63, 3.8) is 0 Å². The number of carbonyl (C=O) groups is 2. The smallest absolute Gasteiger partial charge is 0.254 e. The summed E-state index contributed by atoms with van der Waals surface area (Å²) in [7, 11) is 3.56. The molecular weight excluding hydrogens is 332 g/mol. The molecule has 0 bridgehead atoms. The van der Waals surface area contributed by atoms with Crippen molar-refractivity contribution in [2.75, 3.05) is 27.2 Å². The Hall–Kier alpha value is -1.36. The molecule has 1 aliphatic rings. The van der Waals surface area contributed by atoms with Crippen LogP contribution < -0.4 is 0 Å². The second kappa shape index (κ2) is 6.60. The van der Waals surface area contributed by atoms with E-state index in [0.29, 0.717) is 13.1 Å². The minimum absolute atomic E-state index is 0.0488. The summed E-state index contributed by atoms with van der Waals surface area (Å²) in [6.07, 6.45) is 1.49. The molecule has 0 radical (unpaired) electrons. The summed E-state index contributed by atoms with van der Waals surface area (Å²) in [6.45, 7) is 3.24. The van der Waals surface area contributed by atoms with Gasteiger partial charge >= 0.3 is 0 Å². The van der Waals surface area contributed by atoms with E-state index in [2.05, 4.69) is 15.9 Å². The first-order valence-electron chi connectivity index (χ1n) is 7.17. The van der Waals surface area contributed by atoms with Crippen LogP contribution in [-0.4, -0.2) is 48.8 Å². The Bertz CT molecular complexity index is 549. The number of carbonyl (C=O) groups excluding carboxylic acids is 2. The highest BCUT2D eigenvalue weighted by Crippen LogP contribution is 2.24. The van der Waals surface area contributed by atoms with Crippen LogP contribution in [0.3, 0.4) is 0 Å². The largest absolute Gasteiger partial charge is 0.349 e. The summed E-state index contributed by atoms with van der Waals surface area (Å²) in [6, 6.07) is 5.68. The Kier molecular flexibility index (Phi) is 5.04. The van der Waals surface area contributed by atoms with Crippen LogP contribution in [0.15, 0.2) is 22.7 Å². The van der Waals surface area contributed by atoms with E-state index in [1.54, 1.807) is 19.0 Å². The molecule has 0 saturated carbocycles. The van der Waals surface area contributed by atoms with Crippen LogP contribution in [-0.2, 0) is 4.79 Å². The topological polar surface area (TPSA) is 40.6 Å². The van der Waals surface area contributed by atoms with E-state index in [9.17, 15) is 9.59 Å². The monoisotopic (exact) mass is 352 g/mol. The number of rotatable bonds is 2. The minimum Gasteiger partial charge on any atom is -0.349 e. The van der Waals surface area contributed by atoms with E-state index < -0.39 is 0 Å². The van der Waals surface area contributed by atoms with E-state index in [1.165, 1.54) is 0 Å². The lowest BCUT2D eigenvalue weighted by atomic mass is 9.94. The lowest BCUT2D eigenvalue weighted by molar-refractivity contribution is -0.134. The molecule has 1 saturated heterocycles.